The number of carbonyl (C=O) groups excluding carboxylic acids is 2. The van der Waals surface area contributed by atoms with Gasteiger partial charge < -0.3 is 19.5 Å². The summed E-state index contributed by atoms with van der Waals surface area (Å²) in [6.45, 7) is 2.24. The van der Waals surface area contributed by atoms with Crippen molar-refractivity contribution in [2.75, 3.05) is 19.7 Å². The lowest BCUT2D eigenvalue weighted by Gasteiger charge is -2.24. The summed E-state index contributed by atoms with van der Waals surface area (Å²) < 4.78 is 11.1. The summed E-state index contributed by atoms with van der Waals surface area (Å²) in [7, 11) is 0. The maximum absolute atomic E-state index is 13.0. The molecule has 2 aromatic rings. The SMILES string of the molecule is O=C(NCC1CC1)c1cc(CN(CC2CCCO2)C(=O)CCc2ccccc2)on1. The van der Waals surface area contributed by atoms with E-state index in [0.717, 1.165) is 25.0 Å². The number of amides is 2. The zero-order valence-electron chi connectivity index (χ0n) is 17.2. The molecule has 1 saturated carbocycles. The maximum Gasteiger partial charge on any atom is 0.273 e. The van der Waals surface area contributed by atoms with Crippen molar-refractivity contribution in [2.24, 2.45) is 5.92 Å². The molecular formula is C23H29N3O4. The predicted molar refractivity (Wildman–Crippen MR) is 111 cm³/mol. The second kappa shape index (κ2) is 9.89. The molecule has 1 N–H and O–H groups in total. The molecule has 2 amide bonds. The molecule has 4 rings (SSSR count). The number of rotatable bonds is 10. The Balaban J connectivity index is 1.36. The summed E-state index contributed by atoms with van der Waals surface area (Å²) >= 11 is 0. The Morgan fingerprint density at radius 3 is 2.73 bits per heavy atom. The predicted octanol–water partition coefficient (Wildman–Crippen LogP) is 2.95. The third kappa shape index (κ3) is 5.92. The highest BCUT2D eigenvalue weighted by molar-refractivity contribution is 5.92. The van der Waals surface area contributed by atoms with Crippen LogP contribution in [-0.4, -0.2) is 47.7 Å². The minimum Gasteiger partial charge on any atom is -0.376 e. The van der Waals surface area contributed by atoms with Crippen LogP contribution in [0.5, 0.6) is 0 Å². The van der Waals surface area contributed by atoms with Gasteiger partial charge in [-0.15, -0.1) is 0 Å². The van der Waals surface area contributed by atoms with Gasteiger partial charge in [-0.25, -0.2) is 0 Å². The van der Waals surface area contributed by atoms with E-state index in [1.54, 1.807) is 11.0 Å². The van der Waals surface area contributed by atoms with Gasteiger partial charge in [-0.2, -0.15) is 0 Å². The van der Waals surface area contributed by atoms with Gasteiger partial charge in [0.15, 0.2) is 11.5 Å². The van der Waals surface area contributed by atoms with Crippen molar-refractivity contribution in [3.05, 3.63) is 53.4 Å². The van der Waals surface area contributed by atoms with Crippen LogP contribution in [0, 0.1) is 5.92 Å². The Hall–Kier alpha value is -2.67. The van der Waals surface area contributed by atoms with Crippen molar-refractivity contribution in [3.63, 3.8) is 0 Å². The lowest BCUT2D eigenvalue weighted by molar-refractivity contribution is -0.133. The first-order valence-electron chi connectivity index (χ1n) is 10.8. The molecule has 7 heteroatoms. The van der Waals surface area contributed by atoms with E-state index in [4.69, 9.17) is 9.26 Å². The monoisotopic (exact) mass is 411 g/mol. The summed E-state index contributed by atoms with van der Waals surface area (Å²) in [6.07, 6.45) is 5.47. The molecule has 2 aliphatic rings. The Morgan fingerprint density at radius 1 is 1.17 bits per heavy atom. The molecule has 1 aromatic heterocycles. The van der Waals surface area contributed by atoms with Gasteiger partial charge in [-0.3, -0.25) is 9.59 Å². The van der Waals surface area contributed by atoms with Crippen LogP contribution in [0.1, 0.15) is 53.9 Å². The average molecular weight is 412 g/mol. The number of aryl methyl sites for hydroxylation is 1. The van der Waals surface area contributed by atoms with Crippen molar-refractivity contribution in [3.8, 4) is 0 Å². The van der Waals surface area contributed by atoms with Crippen molar-refractivity contribution in [1.82, 2.24) is 15.4 Å². The molecule has 0 spiro atoms. The first-order valence-corrected chi connectivity index (χ1v) is 10.8. The Bertz CT molecular complexity index is 841. The second-order valence-electron chi connectivity index (χ2n) is 8.23. The van der Waals surface area contributed by atoms with Crippen molar-refractivity contribution < 1.29 is 18.8 Å². The molecule has 1 aromatic carbocycles. The van der Waals surface area contributed by atoms with Crippen LogP contribution in [0.3, 0.4) is 0 Å². The molecular weight excluding hydrogens is 382 g/mol. The minimum atomic E-state index is -0.224. The summed E-state index contributed by atoms with van der Waals surface area (Å²) in [5.41, 5.74) is 1.40. The van der Waals surface area contributed by atoms with Gasteiger partial charge in [0.25, 0.3) is 5.91 Å². The first kappa shape index (κ1) is 20.6. The summed E-state index contributed by atoms with van der Waals surface area (Å²) in [5.74, 6) is 0.936. The quantitative estimate of drug-likeness (QED) is 0.650. The Labute approximate surface area is 176 Å². The van der Waals surface area contributed by atoms with Crippen LogP contribution in [0.15, 0.2) is 40.9 Å². The highest BCUT2D eigenvalue weighted by Gasteiger charge is 2.25. The van der Waals surface area contributed by atoms with Crippen LogP contribution in [-0.2, 0) is 22.5 Å². The molecule has 0 bridgehead atoms. The fourth-order valence-corrected chi connectivity index (χ4v) is 3.67. The van der Waals surface area contributed by atoms with Gasteiger partial charge in [-0.05, 0) is 43.6 Å². The molecule has 0 radical (unpaired) electrons. The largest absolute Gasteiger partial charge is 0.376 e. The highest BCUT2D eigenvalue weighted by atomic mass is 16.5. The molecule has 30 heavy (non-hydrogen) atoms. The summed E-state index contributed by atoms with van der Waals surface area (Å²) in [6, 6.07) is 11.6. The van der Waals surface area contributed by atoms with Crippen LogP contribution in [0.25, 0.3) is 0 Å². The Morgan fingerprint density at radius 2 is 2.00 bits per heavy atom. The third-order valence-corrected chi connectivity index (χ3v) is 5.66. The number of carbonyl (C=O) groups is 2. The van der Waals surface area contributed by atoms with Gasteiger partial charge in [-0.1, -0.05) is 35.5 Å². The summed E-state index contributed by atoms with van der Waals surface area (Å²) in [5, 5.41) is 6.78. The van der Waals surface area contributed by atoms with E-state index in [9.17, 15) is 9.59 Å². The van der Waals surface area contributed by atoms with E-state index in [1.165, 1.54) is 12.8 Å². The summed E-state index contributed by atoms with van der Waals surface area (Å²) in [4.78, 5) is 26.9. The number of nitrogens with one attached hydrogen (secondary N) is 1. The topological polar surface area (TPSA) is 84.7 Å². The standard InChI is InChI=1S/C23H29N3O4/c27-22(11-10-17-5-2-1-3-6-17)26(15-19-7-4-12-29-19)16-20-13-21(25-30-20)23(28)24-14-18-8-9-18/h1-3,5-6,13,18-19H,4,7-12,14-16H2,(H,24,28). The van der Waals surface area contributed by atoms with E-state index in [1.807, 2.05) is 30.3 Å². The number of hydrogen-bond donors (Lipinski definition) is 1. The molecule has 2 heterocycles. The van der Waals surface area contributed by atoms with Gasteiger partial charge in [0, 0.05) is 32.2 Å². The molecule has 7 nitrogen and oxygen atoms in total. The normalized spacial score (nSPS) is 18.3. The fraction of sp³-hybridized carbons (Fsp3) is 0.522. The van der Waals surface area contributed by atoms with Crippen LogP contribution >= 0.6 is 0 Å². The van der Waals surface area contributed by atoms with E-state index < -0.39 is 0 Å². The zero-order valence-corrected chi connectivity index (χ0v) is 17.2. The minimum absolute atomic E-state index is 0.0467. The lowest BCUT2D eigenvalue weighted by Crippen LogP contribution is -2.37. The van der Waals surface area contributed by atoms with Gasteiger partial charge in [0.1, 0.15) is 0 Å². The first-order chi connectivity index (χ1) is 14.7. The van der Waals surface area contributed by atoms with Crippen LogP contribution < -0.4 is 5.32 Å². The fourth-order valence-electron chi connectivity index (χ4n) is 3.67. The highest BCUT2D eigenvalue weighted by Crippen LogP contribution is 2.27. The smallest absolute Gasteiger partial charge is 0.273 e. The van der Waals surface area contributed by atoms with E-state index in [0.29, 0.717) is 37.6 Å². The van der Waals surface area contributed by atoms with E-state index in [-0.39, 0.29) is 30.2 Å². The van der Waals surface area contributed by atoms with Crippen molar-refractivity contribution >= 4 is 11.8 Å². The molecule has 1 saturated heterocycles. The third-order valence-electron chi connectivity index (χ3n) is 5.66. The zero-order chi connectivity index (χ0) is 20.8. The van der Waals surface area contributed by atoms with Gasteiger partial charge in [0.05, 0.1) is 12.6 Å². The second-order valence-corrected chi connectivity index (χ2v) is 8.23. The van der Waals surface area contributed by atoms with Gasteiger partial charge in [0.2, 0.25) is 5.91 Å². The Kier molecular flexibility index (Phi) is 6.79. The molecule has 1 unspecified atom stereocenters. The molecule has 1 aliphatic carbocycles. The van der Waals surface area contributed by atoms with E-state index >= 15 is 0 Å². The number of benzene rings is 1. The van der Waals surface area contributed by atoms with Crippen LogP contribution in [0.2, 0.25) is 0 Å². The lowest BCUT2D eigenvalue weighted by atomic mass is 10.1. The molecule has 1 aliphatic heterocycles. The maximum atomic E-state index is 13.0. The van der Waals surface area contributed by atoms with Crippen molar-refractivity contribution in [2.45, 2.75) is 51.2 Å². The number of aromatic nitrogens is 1. The van der Waals surface area contributed by atoms with Crippen LogP contribution in [0.4, 0.5) is 0 Å². The van der Waals surface area contributed by atoms with Crippen molar-refractivity contribution in [1.29, 1.82) is 0 Å². The number of ether oxygens (including phenoxy) is 1. The molecule has 160 valence electrons. The molecule has 2 fully saturated rings. The average Bonchev–Trinajstić information content (AvgIpc) is 3.23. The molecule has 1 atom stereocenters. The number of nitrogens with zero attached hydrogens (tertiary/aromatic N) is 2. The number of hydrogen-bond acceptors (Lipinski definition) is 5. The van der Waals surface area contributed by atoms with E-state index in [2.05, 4.69) is 10.5 Å². The van der Waals surface area contributed by atoms with Gasteiger partial charge >= 0.3 is 0 Å².